The molecule has 0 saturated heterocycles. The average Bonchev–Trinajstić information content (AvgIpc) is 2.91. The summed E-state index contributed by atoms with van der Waals surface area (Å²) in [5, 5.41) is 0. The van der Waals surface area contributed by atoms with Gasteiger partial charge in [0, 0.05) is 11.3 Å². The number of aromatic nitrogens is 2. The van der Waals surface area contributed by atoms with Crippen LogP contribution < -0.4 is 10.5 Å². The molecule has 1 aromatic heterocycles. The molecule has 0 bridgehead atoms. The normalized spacial score (nSPS) is 12.4. The first kappa shape index (κ1) is 28.0. The largest absolute Gasteiger partial charge is 0.419 e. The van der Waals surface area contributed by atoms with E-state index in [1.807, 2.05) is 0 Å². The van der Waals surface area contributed by atoms with Crippen molar-refractivity contribution in [2.75, 3.05) is 10.5 Å². The molecule has 4 aromatic carbocycles. The fourth-order valence-electron chi connectivity index (χ4n) is 4.18. The quantitative estimate of drug-likeness (QED) is 0.168. The van der Waals surface area contributed by atoms with E-state index in [0.29, 0.717) is 5.69 Å². The van der Waals surface area contributed by atoms with Crippen molar-refractivity contribution in [1.82, 2.24) is 9.97 Å². The topological polar surface area (TPSA) is 152 Å². The van der Waals surface area contributed by atoms with Gasteiger partial charge in [-0.1, -0.05) is 48.5 Å². The van der Waals surface area contributed by atoms with Crippen LogP contribution in [-0.4, -0.2) is 31.4 Å². The van der Waals surface area contributed by atoms with Gasteiger partial charge in [0.1, 0.15) is 11.2 Å². The molecule has 9 nitrogen and oxygen atoms in total. The Morgan fingerprint density at radius 3 is 2.05 bits per heavy atom. The lowest BCUT2D eigenvalue weighted by atomic mass is 9.97. The Labute approximate surface area is 232 Å². The Bertz CT molecular complexity index is 2000. The van der Waals surface area contributed by atoms with E-state index >= 15 is 0 Å². The summed E-state index contributed by atoms with van der Waals surface area (Å²) in [7, 11) is -9.08. The van der Waals surface area contributed by atoms with E-state index in [9.17, 15) is 34.6 Å². The number of halogens is 3. The molecule has 0 aliphatic rings. The number of fused-ring (bicyclic) bond motifs is 1. The van der Waals surface area contributed by atoms with E-state index in [2.05, 4.69) is 14.7 Å². The molecule has 0 aliphatic carbocycles. The third-order valence-electron chi connectivity index (χ3n) is 6.03. The molecule has 0 saturated carbocycles. The van der Waals surface area contributed by atoms with Crippen LogP contribution in [0.4, 0.5) is 24.7 Å². The lowest BCUT2D eigenvalue weighted by molar-refractivity contribution is -0.135. The fraction of sp³-hybridized carbons (Fsp3) is 0.0370. The molecular formula is C27H19F3N4O5S2. The van der Waals surface area contributed by atoms with E-state index in [1.165, 1.54) is 60.7 Å². The summed E-state index contributed by atoms with van der Waals surface area (Å²) < 4.78 is 105. The number of benzene rings is 4. The zero-order valence-corrected chi connectivity index (χ0v) is 22.3. The average molecular weight is 601 g/mol. The second-order valence-corrected chi connectivity index (χ2v) is 11.9. The number of rotatable bonds is 6. The maximum atomic E-state index is 14.5. The van der Waals surface area contributed by atoms with E-state index in [0.717, 1.165) is 12.1 Å². The first-order valence-corrected chi connectivity index (χ1v) is 14.6. The minimum absolute atomic E-state index is 0.122. The standard InChI is InChI=1S/C27H19F3N4O5S2/c28-27(29,30)23-21(16-5-2-1-3-6-16)13-14-22-25(23)33-24(17-7-4-8-20(15-17)41(37,38)39)26(32-22)34-40(35,36)19-11-9-18(31)10-12-19/h1-15H,31H2,(H,32,34)(H,37,38,39). The van der Waals surface area contributed by atoms with Crippen molar-refractivity contribution in [3.63, 3.8) is 0 Å². The van der Waals surface area contributed by atoms with Crippen molar-refractivity contribution in [2.24, 2.45) is 0 Å². The monoisotopic (exact) mass is 600 g/mol. The van der Waals surface area contributed by atoms with Crippen LogP contribution >= 0.6 is 0 Å². The van der Waals surface area contributed by atoms with Gasteiger partial charge in [0.25, 0.3) is 20.1 Å². The number of hydrogen-bond acceptors (Lipinski definition) is 7. The van der Waals surface area contributed by atoms with Crippen LogP contribution in [-0.2, 0) is 26.3 Å². The van der Waals surface area contributed by atoms with E-state index < -0.39 is 53.8 Å². The Hall–Kier alpha value is -4.53. The minimum Gasteiger partial charge on any atom is -0.399 e. The van der Waals surface area contributed by atoms with Crippen LogP contribution in [0, 0.1) is 0 Å². The summed E-state index contributed by atoms with van der Waals surface area (Å²) in [6, 6.07) is 19.9. The molecular weight excluding hydrogens is 581 g/mol. The van der Waals surface area contributed by atoms with E-state index in [4.69, 9.17) is 5.73 Å². The van der Waals surface area contributed by atoms with Crippen molar-refractivity contribution in [3.05, 3.63) is 96.6 Å². The number of alkyl halides is 3. The molecule has 0 atom stereocenters. The molecule has 210 valence electrons. The van der Waals surface area contributed by atoms with Gasteiger partial charge in [0.15, 0.2) is 5.82 Å². The minimum atomic E-state index is -4.90. The van der Waals surface area contributed by atoms with Gasteiger partial charge in [-0.25, -0.2) is 18.4 Å². The van der Waals surface area contributed by atoms with Gasteiger partial charge in [-0.05, 0) is 53.6 Å². The number of anilines is 2. The van der Waals surface area contributed by atoms with Crippen molar-refractivity contribution in [2.45, 2.75) is 16.0 Å². The Morgan fingerprint density at radius 1 is 0.756 bits per heavy atom. The lowest BCUT2D eigenvalue weighted by Gasteiger charge is -2.18. The molecule has 41 heavy (non-hydrogen) atoms. The predicted molar refractivity (Wildman–Crippen MR) is 147 cm³/mol. The molecule has 0 aliphatic heterocycles. The van der Waals surface area contributed by atoms with Gasteiger partial charge in [-0.15, -0.1) is 0 Å². The third-order valence-corrected chi connectivity index (χ3v) is 8.24. The SMILES string of the molecule is Nc1ccc(S(=O)(=O)Nc2nc3ccc(-c4ccccc4)c(C(F)(F)F)c3nc2-c2cccc(S(=O)(=O)O)c2)cc1. The Balaban J connectivity index is 1.81. The van der Waals surface area contributed by atoms with Crippen LogP contribution in [0.15, 0.2) is 101 Å². The molecule has 1 heterocycles. The van der Waals surface area contributed by atoms with Gasteiger partial charge >= 0.3 is 6.18 Å². The summed E-state index contributed by atoms with van der Waals surface area (Å²) in [5.74, 6) is -0.470. The van der Waals surface area contributed by atoms with Crippen LogP contribution in [0.2, 0.25) is 0 Å². The summed E-state index contributed by atoms with van der Waals surface area (Å²) in [4.78, 5) is 7.59. The number of hydrogen-bond donors (Lipinski definition) is 3. The molecule has 0 radical (unpaired) electrons. The highest BCUT2D eigenvalue weighted by atomic mass is 32.2. The highest BCUT2D eigenvalue weighted by molar-refractivity contribution is 7.92. The van der Waals surface area contributed by atoms with Crippen LogP contribution in [0.1, 0.15) is 5.56 Å². The zero-order chi connectivity index (χ0) is 29.6. The van der Waals surface area contributed by atoms with Gasteiger partial charge in [-0.3, -0.25) is 9.27 Å². The molecule has 0 amide bonds. The highest BCUT2D eigenvalue weighted by Crippen LogP contribution is 2.42. The molecule has 0 spiro atoms. The summed E-state index contributed by atoms with van der Waals surface area (Å²) in [6.45, 7) is 0. The zero-order valence-electron chi connectivity index (χ0n) is 20.7. The number of nitrogen functional groups attached to an aromatic ring is 1. The highest BCUT2D eigenvalue weighted by Gasteiger charge is 2.37. The van der Waals surface area contributed by atoms with Crippen LogP contribution in [0.5, 0.6) is 0 Å². The molecule has 5 rings (SSSR count). The summed E-state index contributed by atoms with van der Waals surface area (Å²) >= 11 is 0. The van der Waals surface area contributed by atoms with E-state index in [1.54, 1.807) is 18.2 Å². The summed E-state index contributed by atoms with van der Waals surface area (Å²) in [5.41, 5.74) is 3.49. The smallest absolute Gasteiger partial charge is 0.399 e. The van der Waals surface area contributed by atoms with Crippen LogP contribution in [0.25, 0.3) is 33.4 Å². The maximum Gasteiger partial charge on any atom is 0.419 e. The Kier molecular flexibility index (Phi) is 6.93. The number of sulfonamides is 1. The molecule has 5 aromatic rings. The molecule has 0 unspecified atom stereocenters. The van der Waals surface area contributed by atoms with Crippen molar-refractivity contribution < 1.29 is 34.6 Å². The fourth-order valence-corrected chi connectivity index (χ4v) is 5.71. The second kappa shape index (κ2) is 10.1. The maximum absolute atomic E-state index is 14.5. The van der Waals surface area contributed by atoms with Gasteiger partial charge in [0.05, 0.1) is 20.9 Å². The van der Waals surface area contributed by atoms with Crippen molar-refractivity contribution >= 4 is 42.7 Å². The first-order chi connectivity index (χ1) is 19.2. The first-order valence-electron chi connectivity index (χ1n) is 11.7. The summed E-state index contributed by atoms with van der Waals surface area (Å²) in [6.07, 6.45) is -4.90. The molecule has 14 heteroatoms. The number of nitrogens with two attached hydrogens (primary N) is 1. The van der Waals surface area contributed by atoms with Gasteiger partial charge in [0.2, 0.25) is 0 Å². The van der Waals surface area contributed by atoms with Gasteiger partial charge < -0.3 is 5.73 Å². The van der Waals surface area contributed by atoms with E-state index in [-0.39, 0.29) is 27.1 Å². The van der Waals surface area contributed by atoms with Crippen molar-refractivity contribution in [3.8, 4) is 22.4 Å². The van der Waals surface area contributed by atoms with Gasteiger partial charge in [-0.2, -0.15) is 21.6 Å². The number of nitrogens with one attached hydrogen (secondary N) is 1. The van der Waals surface area contributed by atoms with Crippen molar-refractivity contribution in [1.29, 1.82) is 0 Å². The second-order valence-electron chi connectivity index (χ2n) is 8.82. The predicted octanol–water partition coefficient (Wildman–Crippen LogP) is 5.61. The number of nitrogens with zero attached hydrogens (tertiary/aromatic N) is 2. The Morgan fingerprint density at radius 2 is 1.41 bits per heavy atom. The molecule has 0 fully saturated rings. The lowest BCUT2D eigenvalue weighted by Crippen LogP contribution is -2.16. The molecule has 4 N–H and O–H groups in total. The van der Waals surface area contributed by atoms with Crippen LogP contribution in [0.3, 0.4) is 0 Å². The third kappa shape index (κ3) is 5.70.